The molecule has 5 aromatic heterocycles. The van der Waals surface area contributed by atoms with Crippen LogP contribution in [0.2, 0.25) is 0 Å². The molecule has 0 bridgehead atoms. The van der Waals surface area contributed by atoms with E-state index in [0.29, 0.717) is 5.75 Å². The van der Waals surface area contributed by atoms with Gasteiger partial charge in [-0.1, -0.05) is 172 Å². The molecule has 392 valence electrons. The normalized spacial score (nSPS) is 12.3. The molecule has 17 rings (SSSR count). The van der Waals surface area contributed by atoms with Gasteiger partial charge in [0.25, 0.3) is 6.33 Å². The monoisotopic (exact) mass is 1070 g/mol. The molecule has 0 amide bonds. The fourth-order valence-corrected chi connectivity index (χ4v) is 13.2. The zero-order valence-electron chi connectivity index (χ0n) is 45.8. The van der Waals surface area contributed by atoms with Crippen LogP contribution < -0.4 is 9.30 Å². The van der Waals surface area contributed by atoms with Crippen LogP contribution in [-0.4, -0.2) is 18.7 Å². The van der Waals surface area contributed by atoms with Gasteiger partial charge in [0, 0.05) is 44.6 Å². The van der Waals surface area contributed by atoms with Gasteiger partial charge < -0.3 is 13.7 Å². The Bertz CT molecular complexity index is 5320. The third-order valence-electron chi connectivity index (χ3n) is 17.1. The summed E-state index contributed by atoms with van der Waals surface area (Å²) in [5.41, 5.74) is 21.3. The summed E-state index contributed by atoms with van der Waals surface area (Å²) >= 11 is 0. The van der Waals surface area contributed by atoms with Crippen molar-refractivity contribution in [2.24, 2.45) is 0 Å². The Labute approximate surface area is 478 Å². The molecule has 0 aliphatic carbocycles. The molecule has 0 atom stereocenters. The topological polar surface area (TPSA) is 53.9 Å². The summed E-state index contributed by atoms with van der Waals surface area (Å²) in [4.78, 5) is 4.94. The number of fused-ring (bicyclic) bond motifs is 16. The number of imidazole rings is 1. The fourth-order valence-electron chi connectivity index (χ4n) is 13.2. The standard InChI is InChI=1S/C76H51N5O2/c1-76(2,3)49-39-40-77-73(43-49)81-67-29-12-8-23-58(67)59-37-35-52(45-70(59)81)82-51-18-14-17-50(44-51)78-46-79-74-61(25-15-30-68(74)78)54-20-5-4-19-53(54)55-36-33-47(48-34-38-72-64(42-48)60-24-9-13-32-71(60)83-72)41-63(55)62-26-16-31-69(75(62)79)80-65-27-10-6-21-56(65)57-22-7-11-28-66(57)80/h4-45H,1-3H3. The smallest absolute Gasteiger partial charge is 0.269 e. The number of ether oxygens (including phenoxy) is 1. The molecule has 0 fully saturated rings. The van der Waals surface area contributed by atoms with Crippen LogP contribution in [0.5, 0.6) is 11.5 Å². The SMILES string of the molecule is CC(C)(C)c1ccnc(-n2c3ccccc3c3ccc(Oc4cccc(-n5[c-][n+]6c7c(cccc75)-c5ccccc5-c5ccc(-c7ccc8oc9ccccc9c8c7)cc5-c5cccc(-n7c8ccccc8c8ccccc87)c5-6)c4)cc32)c1. The van der Waals surface area contributed by atoms with E-state index in [0.717, 1.165) is 139 Å². The summed E-state index contributed by atoms with van der Waals surface area (Å²) in [6.07, 6.45) is 5.98. The Hall–Kier alpha value is -10.8. The highest BCUT2D eigenvalue weighted by Gasteiger charge is 2.29. The van der Waals surface area contributed by atoms with Crippen LogP contribution in [0.15, 0.2) is 259 Å². The molecule has 1 aliphatic heterocycles. The van der Waals surface area contributed by atoms with E-state index in [4.69, 9.17) is 14.1 Å². The first-order chi connectivity index (χ1) is 40.8. The van der Waals surface area contributed by atoms with Crippen LogP contribution in [-0.2, 0) is 5.41 Å². The summed E-state index contributed by atoms with van der Waals surface area (Å²) in [5, 5.41) is 6.90. The van der Waals surface area contributed by atoms with Crippen molar-refractivity contribution < 1.29 is 13.7 Å². The van der Waals surface area contributed by atoms with Crippen LogP contribution in [0.25, 0.3) is 144 Å². The van der Waals surface area contributed by atoms with Crippen LogP contribution >= 0.6 is 0 Å². The van der Waals surface area contributed by atoms with Crippen LogP contribution in [0, 0.1) is 6.33 Å². The van der Waals surface area contributed by atoms with Gasteiger partial charge in [0.15, 0.2) is 0 Å². The second-order valence-electron chi connectivity index (χ2n) is 22.9. The van der Waals surface area contributed by atoms with Gasteiger partial charge in [0.2, 0.25) is 0 Å². The fraction of sp³-hybridized carbons (Fsp3) is 0.0526. The third-order valence-corrected chi connectivity index (χ3v) is 17.1. The number of furan rings is 1. The van der Waals surface area contributed by atoms with Crippen LogP contribution in [0.4, 0.5) is 0 Å². The van der Waals surface area contributed by atoms with E-state index in [1.807, 2.05) is 24.4 Å². The summed E-state index contributed by atoms with van der Waals surface area (Å²) in [6.45, 7) is 6.72. The van der Waals surface area contributed by atoms with Gasteiger partial charge in [-0.15, -0.1) is 0 Å². The Kier molecular flexibility index (Phi) is 10.1. The largest absolute Gasteiger partial charge is 0.458 e. The van der Waals surface area contributed by atoms with E-state index in [1.54, 1.807) is 0 Å². The van der Waals surface area contributed by atoms with E-state index in [-0.39, 0.29) is 5.41 Å². The predicted octanol–water partition coefficient (Wildman–Crippen LogP) is 19.3. The summed E-state index contributed by atoms with van der Waals surface area (Å²) in [6, 6.07) is 89.4. The number of hydrogen-bond acceptors (Lipinski definition) is 3. The average molecular weight is 1070 g/mol. The Morgan fingerprint density at radius 1 is 0.422 bits per heavy atom. The first-order valence-corrected chi connectivity index (χ1v) is 28.3. The Morgan fingerprint density at radius 2 is 1.01 bits per heavy atom. The lowest BCUT2D eigenvalue weighted by Crippen LogP contribution is -2.32. The molecular formula is C76H51N5O2. The minimum Gasteiger partial charge on any atom is -0.458 e. The Morgan fingerprint density at radius 3 is 1.80 bits per heavy atom. The zero-order chi connectivity index (χ0) is 55.1. The maximum atomic E-state index is 6.95. The van der Waals surface area contributed by atoms with Gasteiger partial charge in [-0.3, -0.25) is 13.7 Å². The maximum absolute atomic E-state index is 6.95. The molecule has 16 aromatic rings. The molecule has 1 aliphatic rings. The molecule has 0 saturated carbocycles. The average Bonchev–Trinajstić information content (AvgIpc) is 3.05. The highest BCUT2D eigenvalue weighted by molar-refractivity contribution is 6.12. The first kappa shape index (κ1) is 47.1. The zero-order valence-corrected chi connectivity index (χ0v) is 45.8. The lowest BCUT2D eigenvalue weighted by molar-refractivity contribution is -0.571. The minimum absolute atomic E-state index is 0.0409. The second kappa shape index (κ2) is 17.9. The van der Waals surface area contributed by atoms with E-state index in [1.165, 1.54) is 16.3 Å². The van der Waals surface area contributed by atoms with Gasteiger partial charge in [-0.2, -0.15) is 0 Å². The molecule has 0 unspecified atom stereocenters. The number of benzene rings is 11. The number of para-hydroxylation sites is 6. The van der Waals surface area contributed by atoms with Crippen LogP contribution in [0.1, 0.15) is 26.3 Å². The molecule has 7 nitrogen and oxygen atoms in total. The number of nitrogens with zero attached hydrogens (tertiary/aromatic N) is 5. The quantitative estimate of drug-likeness (QED) is 0.123. The highest BCUT2D eigenvalue weighted by atomic mass is 16.5. The summed E-state index contributed by atoms with van der Waals surface area (Å²) < 4.78 is 22.5. The molecule has 6 heterocycles. The van der Waals surface area contributed by atoms with E-state index in [2.05, 4.69) is 276 Å². The van der Waals surface area contributed by atoms with Crippen LogP contribution in [0.3, 0.4) is 0 Å². The number of pyridine rings is 1. The molecular weight excluding hydrogens is 1010 g/mol. The van der Waals surface area contributed by atoms with Crippen molar-refractivity contribution in [2.75, 3.05) is 0 Å². The molecule has 0 N–H and O–H groups in total. The highest BCUT2D eigenvalue weighted by Crippen LogP contribution is 2.47. The van der Waals surface area contributed by atoms with Gasteiger partial charge >= 0.3 is 0 Å². The number of hydrogen-bond donors (Lipinski definition) is 0. The third kappa shape index (κ3) is 7.24. The summed E-state index contributed by atoms with van der Waals surface area (Å²) in [5.74, 6) is 2.31. The van der Waals surface area contributed by atoms with Crippen molar-refractivity contribution in [1.29, 1.82) is 0 Å². The van der Waals surface area contributed by atoms with Gasteiger partial charge in [-0.25, -0.2) is 4.98 Å². The van der Waals surface area contributed by atoms with Crippen molar-refractivity contribution in [1.82, 2.24) is 18.7 Å². The second-order valence-corrected chi connectivity index (χ2v) is 22.9. The van der Waals surface area contributed by atoms with E-state index >= 15 is 0 Å². The van der Waals surface area contributed by atoms with Crippen molar-refractivity contribution >= 4 is 76.6 Å². The van der Waals surface area contributed by atoms with E-state index in [9.17, 15) is 0 Å². The molecule has 0 spiro atoms. The molecule has 7 heteroatoms. The maximum Gasteiger partial charge on any atom is 0.269 e. The predicted molar refractivity (Wildman–Crippen MR) is 338 cm³/mol. The van der Waals surface area contributed by atoms with Gasteiger partial charge in [0.1, 0.15) is 28.5 Å². The van der Waals surface area contributed by atoms with Gasteiger partial charge in [-0.05, 0) is 146 Å². The van der Waals surface area contributed by atoms with Crippen molar-refractivity contribution in [3.8, 4) is 78.9 Å². The first-order valence-electron chi connectivity index (χ1n) is 28.3. The number of rotatable bonds is 6. The van der Waals surface area contributed by atoms with Crippen molar-refractivity contribution in [3.63, 3.8) is 0 Å². The molecule has 11 aromatic carbocycles. The molecule has 0 radical (unpaired) electrons. The lowest BCUT2D eigenvalue weighted by atomic mass is 9.87. The number of aromatic nitrogens is 5. The molecule has 0 saturated heterocycles. The van der Waals surface area contributed by atoms with Gasteiger partial charge in [0.05, 0.1) is 50.2 Å². The molecule has 83 heavy (non-hydrogen) atoms. The summed E-state index contributed by atoms with van der Waals surface area (Å²) in [7, 11) is 0. The van der Waals surface area contributed by atoms with Crippen molar-refractivity contribution in [3.05, 3.63) is 267 Å². The van der Waals surface area contributed by atoms with Crippen molar-refractivity contribution in [2.45, 2.75) is 26.2 Å². The van der Waals surface area contributed by atoms with E-state index < -0.39 is 0 Å². The Balaban J connectivity index is 0.884. The minimum atomic E-state index is -0.0409. The lowest BCUT2D eigenvalue weighted by Gasteiger charge is -2.21.